The SMILES string of the molecule is CCCOc1ccc(C(=O)O)cc1N1CCCC1. The third-order valence-electron chi connectivity index (χ3n) is 3.11. The lowest BCUT2D eigenvalue weighted by Gasteiger charge is -2.21. The Bertz CT molecular complexity index is 425. The van der Waals surface area contributed by atoms with E-state index >= 15 is 0 Å². The maximum absolute atomic E-state index is 11.0. The standard InChI is InChI=1S/C14H19NO3/c1-2-9-18-13-6-5-11(14(16)17)10-12(13)15-7-3-4-8-15/h5-6,10H,2-4,7-9H2,1H3,(H,16,17). The molecule has 1 aliphatic rings. The minimum Gasteiger partial charge on any atom is -0.491 e. The van der Waals surface area contributed by atoms with Crippen molar-refractivity contribution in [1.82, 2.24) is 0 Å². The molecular weight excluding hydrogens is 230 g/mol. The van der Waals surface area contributed by atoms with Crippen molar-refractivity contribution >= 4 is 11.7 Å². The quantitative estimate of drug-likeness (QED) is 0.871. The van der Waals surface area contributed by atoms with Crippen LogP contribution >= 0.6 is 0 Å². The van der Waals surface area contributed by atoms with Gasteiger partial charge in [0.1, 0.15) is 5.75 Å². The van der Waals surface area contributed by atoms with Crippen LogP contribution in [0.25, 0.3) is 0 Å². The topological polar surface area (TPSA) is 49.8 Å². The van der Waals surface area contributed by atoms with E-state index in [-0.39, 0.29) is 0 Å². The molecule has 0 atom stereocenters. The number of aromatic carboxylic acids is 1. The summed E-state index contributed by atoms with van der Waals surface area (Å²) in [7, 11) is 0. The molecular formula is C14H19NO3. The van der Waals surface area contributed by atoms with Crippen LogP contribution in [0.1, 0.15) is 36.5 Å². The van der Waals surface area contributed by atoms with Crippen LogP contribution in [0.4, 0.5) is 5.69 Å². The van der Waals surface area contributed by atoms with Gasteiger partial charge in [0.05, 0.1) is 17.9 Å². The number of anilines is 1. The highest BCUT2D eigenvalue weighted by atomic mass is 16.5. The van der Waals surface area contributed by atoms with Crippen molar-refractivity contribution in [3.05, 3.63) is 23.8 Å². The molecule has 4 heteroatoms. The van der Waals surface area contributed by atoms with E-state index in [9.17, 15) is 4.79 Å². The van der Waals surface area contributed by atoms with E-state index < -0.39 is 5.97 Å². The van der Waals surface area contributed by atoms with Gasteiger partial charge in [-0.1, -0.05) is 6.92 Å². The molecule has 0 aromatic heterocycles. The molecule has 18 heavy (non-hydrogen) atoms. The molecule has 0 amide bonds. The van der Waals surface area contributed by atoms with Gasteiger partial charge in [-0.25, -0.2) is 4.79 Å². The number of hydrogen-bond acceptors (Lipinski definition) is 3. The van der Waals surface area contributed by atoms with Crippen LogP contribution in [0.15, 0.2) is 18.2 Å². The lowest BCUT2D eigenvalue weighted by molar-refractivity contribution is 0.0697. The molecule has 1 saturated heterocycles. The summed E-state index contributed by atoms with van der Waals surface area (Å²) in [6, 6.07) is 5.10. The van der Waals surface area contributed by atoms with Gasteiger partial charge in [0, 0.05) is 13.1 Å². The van der Waals surface area contributed by atoms with Gasteiger partial charge in [-0.3, -0.25) is 0 Å². The van der Waals surface area contributed by atoms with Crippen LogP contribution in [0, 0.1) is 0 Å². The first-order chi connectivity index (χ1) is 8.72. The van der Waals surface area contributed by atoms with Gasteiger partial charge in [0.25, 0.3) is 0 Å². The predicted molar refractivity (Wildman–Crippen MR) is 70.6 cm³/mol. The van der Waals surface area contributed by atoms with Crippen molar-refractivity contribution < 1.29 is 14.6 Å². The summed E-state index contributed by atoms with van der Waals surface area (Å²) in [6.07, 6.45) is 3.26. The summed E-state index contributed by atoms with van der Waals surface area (Å²) in [5, 5.41) is 9.06. The Hall–Kier alpha value is -1.71. The highest BCUT2D eigenvalue weighted by molar-refractivity contribution is 5.89. The summed E-state index contributed by atoms with van der Waals surface area (Å²) in [4.78, 5) is 13.2. The Kier molecular flexibility index (Phi) is 4.07. The predicted octanol–water partition coefficient (Wildman–Crippen LogP) is 2.77. The number of ether oxygens (including phenoxy) is 1. The summed E-state index contributed by atoms with van der Waals surface area (Å²) >= 11 is 0. The summed E-state index contributed by atoms with van der Waals surface area (Å²) in [5.41, 5.74) is 1.24. The number of carbonyl (C=O) groups is 1. The molecule has 0 unspecified atom stereocenters. The zero-order chi connectivity index (χ0) is 13.0. The molecule has 1 aromatic carbocycles. The van der Waals surface area contributed by atoms with Crippen LogP contribution in [-0.4, -0.2) is 30.8 Å². The Morgan fingerprint density at radius 3 is 2.72 bits per heavy atom. The lowest BCUT2D eigenvalue weighted by Crippen LogP contribution is -2.19. The first-order valence-corrected chi connectivity index (χ1v) is 6.47. The molecule has 0 saturated carbocycles. The Morgan fingerprint density at radius 2 is 2.11 bits per heavy atom. The monoisotopic (exact) mass is 249 g/mol. The zero-order valence-corrected chi connectivity index (χ0v) is 10.7. The summed E-state index contributed by atoms with van der Waals surface area (Å²) in [5.74, 6) is -0.0961. The van der Waals surface area contributed by atoms with Gasteiger partial charge in [0.15, 0.2) is 0 Å². The maximum Gasteiger partial charge on any atom is 0.335 e. The summed E-state index contributed by atoms with van der Waals surface area (Å²) in [6.45, 7) is 4.67. The van der Waals surface area contributed by atoms with Crippen molar-refractivity contribution in [2.45, 2.75) is 26.2 Å². The van der Waals surface area contributed by atoms with Crippen LogP contribution in [0.3, 0.4) is 0 Å². The van der Waals surface area contributed by atoms with E-state index in [1.54, 1.807) is 18.2 Å². The van der Waals surface area contributed by atoms with Gasteiger partial charge in [0.2, 0.25) is 0 Å². The third-order valence-corrected chi connectivity index (χ3v) is 3.11. The van der Waals surface area contributed by atoms with Gasteiger partial charge in [-0.05, 0) is 37.5 Å². The van der Waals surface area contributed by atoms with Crippen LogP contribution in [0.5, 0.6) is 5.75 Å². The Morgan fingerprint density at radius 1 is 1.39 bits per heavy atom. The van der Waals surface area contributed by atoms with Gasteiger partial charge < -0.3 is 14.7 Å². The Labute approximate surface area is 107 Å². The molecule has 0 bridgehead atoms. The van der Waals surface area contributed by atoms with Crippen molar-refractivity contribution in [1.29, 1.82) is 0 Å². The molecule has 2 rings (SSSR count). The molecule has 0 aliphatic carbocycles. The van der Waals surface area contributed by atoms with Crippen LogP contribution < -0.4 is 9.64 Å². The second-order valence-electron chi connectivity index (χ2n) is 4.53. The number of nitrogens with zero attached hydrogens (tertiary/aromatic N) is 1. The zero-order valence-electron chi connectivity index (χ0n) is 10.7. The number of hydrogen-bond donors (Lipinski definition) is 1. The molecule has 0 radical (unpaired) electrons. The first-order valence-electron chi connectivity index (χ1n) is 6.47. The number of benzene rings is 1. The van der Waals surface area contributed by atoms with Gasteiger partial charge in [-0.2, -0.15) is 0 Å². The molecule has 0 spiro atoms. The third kappa shape index (κ3) is 2.75. The van der Waals surface area contributed by atoms with Crippen molar-refractivity contribution in [2.24, 2.45) is 0 Å². The molecule has 1 aromatic rings. The average molecular weight is 249 g/mol. The normalized spacial score (nSPS) is 14.8. The second kappa shape index (κ2) is 5.76. The van der Waals surface area contributed by atoms with Gasteiger partial charge >= 0.3 is 5.97 Å². The number of carboxylic acids is 1. The van der Waals surface area contributed by atoms with Crippen molar-refractivity contribution in [3.8, 4) is 5.75 Å². The summed E-state index contributed by atoms with van der Waals surface area (Å²) < 4.78 is 5.70. The molecule has 1 aliphatic heterocycles. The smallest absolute Gasteiger partial charge is 0.335 e. The lowest BCUT2D eigenvalue weighted by atomic mass is 10.1. The van der Waals surface area contributed by atoms with E-state index in [0.717, 1.165) is 43.8 Å². The van der Waals surface area contributed by atoms with Crippen LogP contribution in [0.2, 0.25) is 0 Å². The number of carboxylic acid groups (broad SMARTS) is 1. The molecule has 1 N–H and O–H groups in total. The molecule has 1 heterocycles. The van der Waals surface area contributed by atoms with Crippen LogP contribution in [-0.2, 0) is 0 Å². The van der Waals surface area contributed by atoms with Gasteiger partial charge in [-0.15, -0.1) is 0 Å². The van der Waals surface area contributed by atoms with E-state index in [1.165, 1.54) is 0 Å². The second-order valence-corrected chi connectivity index (χ2v) is 4.53. The maximum atomic E-state index is 11.0. The molecule has 4 nitrogen and oxygen atoms in total. The van der Waals surface area contributed by atoms with Crippen molar-refractivity contribution in [3.63, 3.8) is 0 Å². The highest BCUT2D eigenvalue weighted by Gasteiger charge is 2.18. The Balaban J connectivity index is 2.29. The van der Waals surface area contributed by atoms with Crippen molar-refractivity contribution in [2.75, 3.05) is 24.6 Å². The first kappa shape index (κ1) is 12.7. The highest BCUT2D eigenvalue weighted by Crippen LogP contribution is 2.32. The largest absolute Gasteiger partial charge is 0.491 e. The molecule has 1 fully saturated rings. The minimum atomic E-state index is -0.891. The molecule has 98 valence electrons. The average Bonchev–Trinajstić information content (AvgIpc) is 2.89. The van der Waals surface area contributed by atoms with E-state index in [1.807, 2.05) is 0 Å². The van der Waals surface area contributed by atoms with E-state index in [4.69, 9.17) is 9.84 Å². The number of rotatable bonds is 5. The van der Waals surface area contributed by atoms with E-state index in [2.05, 4.69) is 11.8 Å². The fourth-order valence-electron chi connectivity index (χ4n) is 2.19. The fourth-order valence-corrected chi connectivity index (χ4v) is 2.19. The van der Waals surface area contributed by atoms with E-state index in [0.29, 0.717) is 12.2 Å². The fraction of sp³-hybridized carbons (Fsp3) is 0.500. The minimum absolute atomic E-state index is 0.320.